The van der Waals surface area contributed by atoms with Crippen molar-refractivity contribution < 1.29 is 4.79 Å². The van der Waals surface area contributed by atoms with Gasteiger partial charge in [-0.3, -0.25) is 4.79 Å². The van der Waals surface area contributed by atoms with Crippen molar-refractivity contribution in [1.29, 1.82) is 0 Å². The molecular formula is C8H6N2OS. The highest BCUT2D eigenvalue weighted by Gasteiger charge is 2.02. The third-order valence-corrected chi connectivity index (χ3v) is 2.33. The molecule has 0 saturated carbocycles. The van der Waals surface area contributed by atoms with Gasteiger partial charge >= 0.3 is 0 Å². The summed E-state index contributed by atoms with van der Waals surface area (Å²) in [7, 11) is 0. The molecule has 2 aromatic rings. The molecule has 0 bridgehead atoms. The molecule has 0 N–H and O–H groups in total. The first-order valence-electron chi connectivity index (χ1n) is 3.49. The quantitative estimate of drug-likeness (QED) is 0.625. The van der Waals surface area contributed by atoms with Gasteiger partial charge in [-0.1, -0.05) is 0 Å². The van der Waals surface area contributed by atoms with Gasteiger partial charge in [-0.05, 0) is 24.6 Å². The number of aromatic nitrogens is 2. The molecule has 0 aliphatic heterocycles. The van der Waals surface area contributed by atoms with Crippen LogP contribution < -0.4 is 0 Å². The minimum Gasteiger partial charge on any atom is -0.298 e. The summed E-state index contributed by atoms with van der Waals surface area (Å²) in [4.78, 5) is 10.5. The molecule has 1 heterocycles. The molecule has 3 nitrogen and oxygen atoms in total. The molecular weight excluding hydrogens is 172 g/mol. The van der Waals surface area contributed by atoms with E-state index in [4.69, 9.17) is 0 Å². The fraction of sp³-hybridized carbons (Fsp3) is 0.125. The van der Waals surface area contributed by atoms with Crippen LogP contribution in [0.4, 0.5) is 0 Å². The van der Waals surface area contributed by atoms with Gasteiger partial charge in [-0.25, -0.2) is 0 Å². The standard InChI is InChI=1S/C8H6N2OS/c1-5-2-7-8(10-12-9-7)3-6(5)4-11/h2-4H,1H3. The number of nitrogens with zero attached hydrogens (tertiary/aromatic N) is 2. The fourth-order valence-electron chi connectivity index (χ4n) is 1.08. The van der Waals surface area contributed by atoms with E-state index in [1.165, 1.54) is 0 Å². The van der Waals surface area contributed by atoms with Crippen LogP contribution in [0.15, 0.2) is 12.1 Å². The van der Waals surface area contributed by atoms with Gasteiger partial charge in [0.15, 0.2) is 0 Å². The monoisotopic (exact) mass is 178 g/mol. The van der Waals surface area contributed by atoms with Gasteiger partial charge in [0.05, 0.1) is 11.7 Å². The number of benzene rings is 1. The average molecular weight is 178 g/mol. The molecule has 0 radical (unpaired) electrons. The number of fused-ring (bicyclic) bond motifs is 1. The lowest BCUT2D eigenvalue weighted by molar-refractivity contribution is 0.112. The van der Waals surface area contributed by atoms with Gasteiger partial charge in [-0.15, -0.1) is 0 Å². The molecule has 0 aliphatic rings. The summed E-state index contributed by atoms with van der Waals surface area (Å²) < 4.78 is 8.11. The molecule has 0 atom stereocenters. The normalized spacial score (nSPS) is 10.4. The van der Waals surface area contributed by atoms with Crippen LogP contribution >= 0.6 is 11.7 Å². The Kier molecular flexibility index (Phi) is 1.62. The Balaban J connectivity index is 2.81. The van der Waals surface area contributed by atoms with Crippen LogP contribution in [0.5, 0.6) is 0 Å². The molecule has 0 spiro atoms. The Hall–Kier alpha value is -1.29. The predicted molar refractivity (Wildman–Crippen MR) is 47.5 cm³/mol. The number of carbonyl (C=O) groups excluding carboxylic acids is 1. The van der Waals surface area contributed by atoms with Crippen molar-refractivity contribution in [2.45, 2.75) is 6.92 Å². The lowest BCUT2D eigenvalue weighted by atomic mass is 10.1. The third kappa shape index (κ3) is 1.00. The van der Waals surface area contributed by atoms with Crippen molar-refractivity contribution >= 4 is 29.0 Å². The molecule has 0 saturated heterocycles. The Bertz CT molecular complexity index is 436. The summed E-state index contributed by atoms with van der Waals surface area (Å²) in [6.45, 7) is 1.89. The average Bonchev–Trinajstić information content (AvgIpc) is 2.49. The van der Waals surface area contributed by atoms with E-state index >= 15 is 0 Å². The second-order valence-electron chi connectivity index (χ2n) is 2.58. The number of aldehydes is 1. The minimum atomic E-state index is 0.690. The lowest BCUT2D eigenvalue weighted by Gasteiger charge is -1.95. The molecule has 1 aromatic carbocycles. The van der Waals surface area contributed by atoms with Gasteiger partial charge in [0, 0.05) is 5.56 Å². The van der Waals surface area contributed by atoms with E-state index in [0.717, 1.165) is 34.6 Å². The van der Waals surface area contributed by atoms with E-state index in [9.17, 15) is 4.79 Å². The van der Waals surface area contributed by atoms with Crippen LogP contribution in [0.3, 0.4) is 0 Å². The van der Waals surface area contributed by atoms with E-state index in [0.29, 0.717) is 5.56 Å². The number of hydrogen-bond donors (Lipinski definition) is 0. The summed E-state index contributed by atoms with van der Waals surface area (Å²) >= 11 is 1.16. The SMILES string of the molecule is Cc1cc2nsnc2cc1C=O. The molecule has 0 aliphatic carbocycles. The second kappa shape index (κ2) is 2.64. The van der Waals surface area contributed by atoms with Crippen molar-refractivity contribution in [3.8, 4) is 0 Å². The predicted octanol–water partition coefficient (Wildman–Crippen LogP) is 1.81. The van der Waals surface area contributed by atoms with Gasteiger partial charge in [0.1, 0.15) is 17.3 Å². The Morgan fingerprint density at radius 2 is 2.00 bits per heavy atom. The van der Waals surface area contributed by atoms with Crippen LogP contribution in [-0.2, 0) is 0 Å². The Labute approximate surface area is 73.4 Å². The number of hydrogen-bond acceptors (Lipinski definition) is 4. The third-order valence-electron chi connectivity index (χ3n) is 1.77. The topological polar surface area (TPSA) is 42.9 Å². The van der Waals surface area contributed by atoms with Crippen molar-refractivity contribution in [2.24, 2.45) is 0 Å². The van der Waals surface area contributed by atoms with E-state index in [1.807, 2.05) is 13.0 Å². The molecule has 0 fully saturated rings. The zero-order valence-electron chi connectivity index (χ0n) is 6.44. The zero-order chi connectivity index (χ0) is 8.55. The fourth-order valence-corrected chi connectivity index (χ4v) is 1.59. The molecule has 0 amide bonds. The van der Waals surface area contributed by atoms with Crippen molar-refractivity contribution in [1.82, 2.24) is 8.75 Å². The molecule has 0 unspecified atom stereocenters. The summed E-state index contributed by atoms with van der Waals surface area (Å²) in [5.74, 6) is 0. The number of carbonyl (C=O) groups is 1. The summed E-state index contributed by atoms with van der Waals surface area (Å²) in [5, 5.41) is 0. The zero-order valence-corrected chi connectivity index (χ0v) is 7.26. The molecule has 1 aromatic heterocycles. The maximum Gasteiger partial charge on any atom is 0.150 e. The molecule has 4 heteroatoms. The summed E-state index contributed by atoms with van der Waals surface area (Å²) in [5.41, 5.74) is 3.30. The lowest BCUT2D eigenvalue weighted by Crippen LogP contribution is -1.85. The first-order valence-corrected chi connectivity index (χ1v) is 4.22. The van der Waals surface area contributed by atoms with Gasteiger partial charge in [0.25, 0.3) is 0 Å². The smallest absolute Gasteiger partial charge is 0.150 e. The van der Waals surface area contributed by atoms with Gasteiger partial charge in [-0.2, -0.15) is 8.75 Å². The largest absolute Gasteiger partial charge is 0.298 e. The first kappa shape index (κ1) is 7.36. The minimum absolute atomic E-state index is 0.690. The van der Waals surface area contributed by atoms with Gasteiger partial charge < -0.3 is 0 Å². The van der Waals surface area contributed by atoms with E-state index in [2.05, 4.69) is 8.75 Å². The van der Waals surface area contributed by atoms with E-state index < -0.39 is 0 Å². The maximum atomic E-state index is 10.5. The van der Waals surface area contributed by atoms with Crippen molar-refractivity contribution in [3.63, 3.8) is 0 Å². The molecule has 60 valence electrons. The molecule has 2 rings (SSSR count). The van der Waals surface area contributed by atoms with Crippen LogP contribution in [0.2, 0.25) is 0 Å². The highest BCUT2D eigenvalue weighted by atomic mass is 32.1. The van der Waals surface area contributed by atoms with Crippen LogP contribution in [0.1, 0.15) is 15.9 Å². The summed E-state index contributed by atoms with van der Waals surface area (Å²) in [6.07, 6.45) is 0.841. The number of aryl methyl sites for hydroxylation is 1. The highest BCUT2D eigenvalue weighted by Crippen LogP contribution is 2.16. The van der Waals surface area contributed by atoms with Crippen molar-refractivity contribution in [2.75, 3.05) is 0 Å². The Morgan fingerprint density at radius 3 is 2.67 bits per heavy atom. The van der Waals surface area contributed by atoms with Crippen molar-refractivity contribution in [3.05, 3.63) is 23.3 Å². The van der Waals surface area contributed by atoms with Crippen LogP contribution in [0.25, 0.3) is 11.0 Å². The molecule has 12 heavy (non-hydrogen) atoms. The second-order valence-corrected chi connectivity index (χ2v) is 3.11. The van der Waals surface area contributed by atoms with Crippen LogP contribution in [0, 0.1) is 6.92 Å². The van der Waals surface area contributed by atoms with E-state index in [1.54, 1.807) is 6.07 Å². The highest BCUT2D eigenvalue weighted by molar-refractivity contribution is 7.00. The maximum absolute atomic E-state index is 10.5. The summed E-state index contributed by atoms with van der Waals surface area (Å²) in [6, 6.07) is 3.64. The van der Waals surface area contributed by atoms with Gasteiger partial charge in [0.2, 0.25) is 0 Å². The van der Waals surface area contributed by atoms with Crippen LogP contribution in [-0.4, -0.2) is 15.0 Å². The number of rotatable bonds is 1. The Morgan fingerprint density at radius 1 is 1.33 bits per heavy atom. The first-order chi connectivity index (χ1) is 5.81. The van der Waals surface area contributed by atoms with E-state index in [-0.39, 0.29) is 0 Å².